The van der Waals surface area contributed by atoms with Crippen LogP contribution in [0.4, 0.5) is 4.39 Å². The molecular formula is C15H22ClFN2O. The summed E-state index contributed by atoms with van der Waals surface area (Å²) in [5.74, 6) is -0.0752. The van der Waals surface area contributed by atoms with Crippen molar-refractivity contribution in [2.45, 2.75) is 38.1 Å². The highest BCUT2D eigenvalue weighted by atomic mass is 35.5. The maximum Gasteiger partial charge on any atom is 0.223 e. The third-order valence-electron chi connectivity index (χ3n) is 3.76. The standard InChI is InChI=1S/C15H21FN2O.ClH/c16-13-7-4-12(5-8-13)6-9-15(19)18-10-2-1-3-14(18)11-17;/h4-5,7-8,14H,1-3,6,9-11,17H2;1H. The van der Waals surface area contributed by atoms with Gasteiger partial charge in [0.2, 0.25) is 5.91 Å². The van der Waals surface area contributed by atoms with Gasteiger partial charge in [0.25, 0.3) is 0 Å². The average Bonchev–Trinajstić information content (AvgIpc) is 2.46. The first-order valence-corrected chi connectivity index (χ1v) is 6.94. The second-order valence-corrected chi connectivity index (χ2v) is 5.10. The molecule has 0 bridgehead atoms. The Balaban J connectivity index is 0.00000200. The number of piperidine rings is 1. The molecule has 5 heteroatoms. The van der Waals surface area contributed by atoms with Crippen LogP contribution in [0.15, 0.2) is 24.3 Å². The van der Waals surface area contributed by atoms with Crippen molar-refractivity contribution in [2.24, 2.45) is 5.73 Å². The molecule has 0 spiro atoms. The molecular weight excluding hydrogens is 279 g/mol. The highest BCUT2D eigenvalue weighted by Crippen LogP contribution is 2.18. The lowest BCUT2D eigenvalue weighted by Crippen LogP contribution is -2.47. The number of nitrogens with two attached hydrogens (primary N) is 1. The monoisotopic (exact) mass is 300 g/mol. The van der Waals surface area contributed by atoms with Gasteiger partial charge in [0, 0.05) is 25.6 Å². The Morgan fingerprint density at radius 1 is 1.30 bits per heavy atom. The molecule has 0 saturated carbocycles. The Morgan fingerprint density at radius 3 is 2.65 bits per heavy atom. The van der Waals surface area contributed by atoms with Gasteiger partial charge in [-0.25, -0.2) is 4.39 Å². The minimum Gasteiger partial charge on any atom is -0.338 e. The van der Waals surface area contributed by atoms with E-state index in [1.165, 1.54) is 12.1 Å². The van der Waals surface area contributed by atoms with Crippen molar-refractivity contribution in [2.75, 3.05) is 13.1 Å². The molecule has 1 aromatic carbocycles. The van der Waals surface area contributed by atoms with E-state index in [9.17, 15) is 9.18 Å². The summed E-state index contributed by atoms with van der Waals surface area (Å²) in [5.41, 5.74) is 6.72. The smallest absolute Gasteiger partial charge is 0.223 e. The molecule has 1 heterocycles. The molecule has 0 aliphatic carbocycles. The molecule has 20 heavy (non-hydrogen) atoms. The number of hydrogen-bond acceptors (Lipinski definition) is 2. The predicted molar refractivity (Wildman–Crippen MR) is 80.4 cm³/mol. The summed E-state index contributed by atoms with van der Waals surface area (Å²) in [4.78, 5) is 14.1. The van der Waals surface area contributed by atoms with Crippen molar-refractivity contribution in [3.8, 4) is 0 Å². The van der Waals surface area contributed by atoms with Crippen LogP contribution in [0.3, 0.4) is 0 Å². The fraction of sp³-hybridized carbons (Fsp3) is 0.533. The minimum atomic E-state index is -0.241. The van der Waals surface area contributed by atoms with E-state index in [1.807, 2.05) is 4.90 Å². The zero-order valence-electron chi connectivity index (χ0n) is 11.6. The number of benzene rings is 1. The summed E-state index contributed by atoms with van der Waals surface area (Å²) in [6, 6.07) is 6.54. The molecule has 0 radical (unpaired) electrons. The van der Waals surface area contributed by atoms with Gasteiger partial charge in [0.05, 0.1) is 0 Å². The topological polar surface area (TPSA) is 46.3 Å². The molecule has 1 aromatic rings. The molecule has 2 N–H and O–H groups in total. The quantitative estimate of drug-likeness (QED) is 0.929. The summed E-state index contributed by atoms with van der Waals surface area (Å²) < 4.78 is 12.8. The number of amides is 1. The van der Waals surface area contributed by atoms with Gasteiger partial charge >= 0.3 is 0 Å². The number of aryl methyl sites for hydroxylation is 1. The summed E-state index contributed by atoms with van der Waals surface area (Å²) in [6.07, 6.45) is 4.37. The Bertz CT molecular complexity index is 424. The molecule has 2 rings (SSSR count). The summed E-state index contributed by atoms with van der Waals surface area (Å²) in [7, 11) is 0. The molecule has 1 atom stereocenters. The van der Waals surface area contributed by atoms with Crippen molar-refractivity contribution in [1.82, 2.24) is 4.90 Å². The van der Waals surface area contributed by atoms with Gasteiger partial charge in [-0.2, -0.15) is 0 Å². The lowest BCUT2D eigenvalue weighted by Gasteiger charge is -2.35. The van der Waals surface area contributed by atoms with E-state index < -0.39 is 0 Å². The number of carbonyl (C=O) groups excluding carboxylic acids is 1. The largest absolute Gasteiger partial charge is 0.338 e. The van der Waals surface area contributed by atoms with E-state index in [4.69, 9.17) is 5.73 Å². The van der Waals surface area contributed by atoms with Gasteiger partial charge in [-0.15, -0.1) is 12.4 Å². The molecule has 1 aliphatic heterocycles. The average molecular weight is 301 g/mol. The fourth-order valence-electron chi connectivity index (χ4n) is 2.62. The Hall–Kier alpha value is -1.13. The van der Waals surface area contributed by atoms with Gasteiger partial charge in [0.1, 0.15) is 5.82 Å². The molecule has 1 saturated heterocycles. The van der Waals surface area contributed by atoms with Crippen molar-refractivity contribution in [3.63, 3.8) is 0 Å². The molecule has 3 nitrogen and oxygen atoms in total. The first kappa shape index (κ1) is 16.9. The zero-order valence-corrected chi connectivity index (χ0v) is 12.4. The van der Waals surface area contributed by atoms with Crippen LogP contribution in [-0.4, -0.2) is 29.9 Å². The maximum atomic E-state index is 12.8. The van der Waals surface area contributed by atoms with E-state index in [0.29, 0.717) is 19.4 Å². The van der Waals surface area contributed by atoms with E-state index >= 15 is 0 Å². The first-order valence-electron chi connectivity index (χ1n) is 6.94. The Labute approximate surface area is 125 Å². The molecule has 1 aliphatic rings. The lowest BCUT2D eigenvalue weighted by atomic mass is 10.0. The number of nitrogens with zero attached hydrogens (tertiary/aromatic N) is 1. The first-order chi connectivity index (χ1) is 9.20. The van der Waals surface area contributed by atoms with E-state index in [1.54, 1.807) is 12.1 Å². The van der Waals surface area contributed by atoms with E-state index in [2.05, 4.69) is 0 Å². The van der Waals surface area contributed by atoms with Gasteiger partial charge in [-0.1, -0.05) is 12.1 Å². The second-order valence-electron chi connectivity index (χ2n) is 5.10. The van der Waals surface area contributed by atoms with E-state index in [-0.39, 0.29) is 30.2 Å². The molecule has 0 aromatic heterocycles. The third-order valence-corrected chi connectivity index (χ3v) is 3.76. The van der Waals surface area contributed by atoms with Crippen molar-refractivity contribution in [3.05, 3.63) is 35.6 Å². The number of carbonyl (C=O) groups is 1. The number of rotatable bonds is 4. The van der Waals surface area contributed by atoms with Gasteiger partial charge in [0.15, 0.2) is 0 Å². The van der Waals surface area contributed by atoms with Gasteiger partial charge in [-0.05, 0) is 43.4 Å². The molecule has 1 unspecified atom stereocenters. The number of halogens is 2. The van der Waals surface area contributed by atoms with Crippen LogP contribution in [-0.2, 0) is 11.2 Å². The zero-order chi connectivity index (χ0) is 13.7. The normalized spacial score (nSPS) is 18.5. The number of hydrogen-bond donors (Lipinski definition) is 1. The Morgan fingerprint density at radius 2 is 2.00 bits per heavy atom. The van der Waals surface area contributed by atoms with Crippen LogP contribution in [0, 0.1) is 5.82 Å². The van der Waals surface area contributed by atoms with Crippen LogP contribution < -0.4 is 5.73 Å². The van der Waals surface area contributed by atoms with Crippen molar-refractivity contribution < 1.29 is 9.18 Å². The summed E-state index contributed by atoms with van der Waals surface area (Å²) in [5, 5.41) is 0. The van der Waals surface area contributed by atoms with Crippen LogP contribution in [0.1, 0.15) is 31.2 Å². The van der Waals surface area contributed by atoms with Crippen LogP contribution in [0.25, 0.3) is 0 Å². The molecule has 1 fully saturated rings. The highest BCUT2D eigenvalue weighted by molar-refractivity contribution is 5.85. The Kier molecular flexibility index (Phi) is 6.96. The van der Waals surface area contributed by atoms with E-state index in [0.717, 1.165) is 31.4 Å². The van der Waals surface area contributed by atoms with Crippen molar-refractivity contribution >= 4 is 18.3 Å². The summed E-state index contributed by atoms with van der Waals surface area (Å²) in [6.45, 7) is 1.37. The van der Waals surface area contributed by atoms with Crippen LogP contribution in [0.5, 0.6) is 0 Å². The maximum absolute atomic E-state index is 12.8. The summed E-state index contributed by atoms with van der Waals surface area (Å²) >= 11 is 0. The predicted octanol–water partition coefficient (Wildman–Crippen LogP) is 2.52. The minimum absolute atomic E-state index is 0. The van der Waals surface area contributed by atoms with Crippen LogP contribution in [0.2, 0.25) is 0 Å². The van der Waals surface area contributed by atoms with Crippen LogP contribution >= 0.6 is 12.4 Å². The number of likely N-dealkylation sites (tertiary alicyclic amines) is 1. The SMILES string of the molecule is Cl.NCC1CCCCN1C(=O)CCc1ccc(F)cc1. The second kappa shape index (κ2) is 8.22. The molecule has 1 amide bonds. The fourth-order valence-corrected chi connectivity index (χ4v) is 2.62. The lowest BCUT2D eigenvalue weighted by molar-refractivity contribution is -0.134. The van der Waals surface area contributed by atoms with Crippen molar-refractivity contribution in [1.29, 1.82) is 0 Å². The van der Waals surface area contributed by atoms with Gasteiger partial charge < -0.3 is 10.6 Å². The van der Waals surface area contributed by atoms with Gasteiger partial charge in [-0.3, -0.25) is 4.79 Å². The molecule has 112 valence electrons. The highest BCUT2D eigenvalue weighted by Gasteiger charge is 2.24. The third kappa shape index (κ3) is 4.46.